The van der Waals surface area contributed by atoms with Crippen molar-refractivity contribution < 1.29 is 4.74 Å². The van der Waals surface area contributed by atoms with Gasteiger partial charge in [-0.2, -0.15) is 0 Å². The molecule has 0 aromatic carbocycles. The highest BCUT2D eigenvalue weighted by Crippen LogP contribution is 2.18. The highest BCUT2D eigenvalue weighted by atomic mass is 127. The Morgan fingerprint density at radius 1 is 1.17 bits per heavy atom. The zero-order chi connectivity index (χ0) is 20.3. The highest BCUT2D eigenvalue weighted by Gasteiger charge is 2.22. The van der Waals surface area contributed by atoms with Gasteiger partial charge in [-0.3, -0.25) is 4.99 Å². The average molecular weight is 530 g/mol. The van der Waals surface area contributed by atoms with E-state index in [1.54, 1.807) is 7.11 Å². The van der Waals surface area contributed by atoms with Crippen molar-refractivity contribution in [1.82, 2.24) is 20.5 Å². The largest absolute Gasteiger partial charge is 0.383 e. The molecule has 30 heavy (non-hydrogen) atoms. The molecule has 2 aliphatic rings. The standard InChI is InChI=1S/C22H38N6O.HI/c1-3-23-22(25-18-19-7-12-27(13-8-19)16-17-29-2)26-20-9-14-28(15-10-20)21-6-4-5-11-24-21;/h4-6,11,19-20H,3,7-10,12-18H2,1-2H3,(H2,23,25,26);1H. The summed E-state index contributed by atoms with van der Waals surface area (Å²) < 4.78 is 5.19. The molecular formula is C22H39IN6O. The van der Waals surface area contributed by atoms with Gasteiger partial charge in [-0.1, -0.05) is 6.07 Å². The number of pyridine rings is 1. The summed E-state index contributed by atoms with van der Waals surface area (Å²) in [5, 5.41) is 7.11. The third-order valence-electron chi connectivity index (χ3n) is 5.98. The van der Waals surface area contributed by atoms with Gasteiger partial charge < -0.3 is 25.2 Å². The predicted octanol–water partition coefficient (Wildman–Crippen LogP) is 2.58. The molecule has 0 spiro atoms. The lowest BCUT2D eigenvalue weighted by Gasteiger charge is -2.34. The first-order chi connectivity index (χ1) is 14.3. The Morgan fingerprint density at radius 3 is 2.57 bits per heavy atom. The summed E-state index contributed by atoms with van der Waals surface area (Å²) in [5.74, 6) is 2.75. The molecule has 0 aliphatic carbocycles. The number of anilines is 1. The van der Waals surface area contributed by atoms with E-state index >= 15 is 0 Å². The van der Waals surface area contributed by atoms with E-state index in [0.29, 0.717) is 12.0 Å². The molecule has 0 bridgehead atoms. The number of hydrogen-bond acceptors (Lipinski definition) is 5. The molecule has 7 nitrogen and oxygen atoms in total. The summed E-state index contributed by atoms with van der Waals surface area (Å²) in [6.07, 6.45) is 6.56. The topological polar surface area (TPSA) is 65.0 Å². The maximum absolute atomic E-state index is 5.19. The van der Waals surface area contributed by atoms with E-state index in [1.165, 1.54) is 25.9 Å². The molecule has 1 aromatic heterocycles. The maximum atomic E-state index is 5.19. The minimum Gasteiger partial charge on any atom is -0.383 e. The molecule has 0 radical (unpaired) electrons. The molecule has 0 saturated carbocycles. The second-order valence-corrected chi connectivity index (χ2v) is 8.09. The van der Waals surface area contributed by atoms with Gasteiger partial charge in [0.15, 0.2) is 5.96 Å². The van der Waals surface area contributed by atoms with Crippen LogP contribution in [0.5, 0.6) is 0 Å². The van der Waals surface area contributed by atoms with Crippen LogP contribution in [0.4, 0.5) is 5.82 Å². The molecule has 1 aromatic rings. The fourth-order valence-corrected chi connectivity index (χ4v) is 4.14. The molecule has 0 unspecified atom stereocenters. The predicted molar refractivity (Wildman–Crippen MR) is 135 cm³/mol. The highest BCUT2D eigenvalue weighted by molar-refractivity contribution is 14.0. The van der Waals surface area contributed by atoms with Crippen molar-refractivity contribution in [2.24, 2.45) is 10.9 Å². The van der Waals surface area contributed by atoms with E-state index in [1.807, 2.05) is 12.3 Å². The number of guanidine groups is 1. The third-order valence-corrected chi connectivity index (χ3v) is 5.98. The molecule has 0 amide bonds. The number of ether oxygens (including phenoxy) is 1. The summed E-state index contributed by atoms with van der Waals surface area (Å²) in [5.41, 5.74) is 0. The minimum absolute atomic E-state index is 0. The zero-order valence-electron chi connectivity index (χ0n) is 18.6. The number of hydrogen-bond donors (Lipinski definition) is 2. The van der Waals surface area contributed by atoms with E-state index in [4.69, 9.17) is 9.73 Å². The zero-order valence-corrected chi connectivity index (χ0v) is 20.9. The molecule has 3 rings (SSSR count). The van der Waals surface area contributed by atoms with Gasteiger partial charge in [-0.15, -0.1) is 24.0 Å². The number of halogens is 1. The Balaban J connectivity index is 0.00000320. The lowest BCUT2D eigenvalue weighted by atomic mass is 9.97. The Hall–Kier alpha value is -1.13. The fourth-order valence-electron chi connectivity index (χ4n) is 4.14. The quantitative estimate of drug-likeness (QED) is 0.306. The molecule has 2 aliphatic heterocycles. The van der Waals surface area contributed by atoms with Crippen molar-refractivity contribution in [3.05, 3.63) is 24.4 Å². The first-order valence-electron chi connectivity index (χ1n) is 11.2. The van der Waals surface area contributed by atoms with Crippen molar-refractivity contribution in [3.63, 3.8) is 0 Å². The second kappa shape index (κ2) is 14.0. The molecular weight excluding hydrogens is 491 g/mol. The number of aliphatic imine (C=N–C) groups is 1. The summed E-state index contributed by atoms with van der Waals surface area (Å²) >= 11 is 0. The van der Waals surface area contributed by atoms with Gasteiger partial charge in [0.2, 0.25) is 0 Å². The van der Waals surface area contributed by atoms with Crippen LogP contribution in [0.2, 0.25) is 0 Å². The lowest BCUT2D eigenvalue weighted by molar-refractivity contribution is 0.121. The van der Waals surface area contributed by atoms with Crippen LogP contribution in [-0.2, 0) is 4.74 Å². The van der Waals surface area contributed by atoms with E-state index in [9.17, 15) is 0 Å². The fraction of sp³-hybridized carbons (Fsp3) is 0.727. The van der Waals surface area contributed by atoms with Crippen molar-refractivity contribution in [1.29, 1.82) is 0 Å². The second-order valence-electron chi connectivity index (χ2n) is 8.09. The minimum atomic E-state index is 0. The Kier molecular flexibility index (Phi) is 11.8. The van der Waals surface area contributed by atoms with Crippen LogP contribution in [0.15, 0.2) is 29.4 Å². The number of rotatable bonds is 8. The van der Waals surface area contributed by atoms with Crippen LogP contribution in [0.1, 0.15) is 32.6 Å². The first-order valence-corrected chi connectivity index (χ1v) is 11.2. The molecule has 3 heterocycles. The van der Waals surface area contributed by atoms with Gasteiger partial charge in [-0.25, -0.2) is 4.98 Å². The maximum Gasteiger partial charge on any atom is 0.191 e. The van der Waals surface area contributed by atoms with Crippen LogP contribution in [0.3, 0.4) is 0 Å². The van der Waals surface area contributed by atoms with E-state index in [-0.39, 0.29) is 24.0 Å². The van der Waals surface area contributed by atoms with E-state index in [2.05, 4.69) is 44.5 Å². The van der Waals surface area contributed by atoms with Gasteiger partial charge in [0.25, 0.3) is 0 Å². The lowest BCUT2D eigenvalue weighted by Crippen LogP contribution is -2.49. The summed E-state index contributed by atoms with van der Waals surface area (Å²) in [7, 11) is 1.78. The number of methoxy groups -OCH3 is 1. The summed E-state index contributed by atoms with van der Waals surface area (Å²) in [6.45, 7) is 10.2. The molecule has 2 saturated heterocycles. The SMILES string of the molecule is CCNC(=NCC1CCN(CCOC)CC1)NC1CCN(c2ccccn2)CC1.I. The Morgan fingerprint density at radius 2 is 1.93 bits per heavy atom. The molecule has 2 N–H and O–H groups in total. The van der Waals surface area contributed by atoms with Crippen molar-refractivity contribution in [3.8, 4) is 0 Å². The summed E-state index contributed by atoms with van der Waals surface area (Å²) in [6, 6.07) is 6.61. The van der Waals surface area contributed by atoms with Crippen LogP contribution in [-0.4, -0.2) is 81.4 Å². The van der Waals surface area contributed by atoms with Gasteiger partial charge in [0.05, 0.1) is 6.61 Å². The number of nitrogens with zero attached hydrogens (tertiary/aromatic N) is 4. The first kappa shape index (κ1) is 25.1. The number of likely N-dealkylation sites (tertiary alicyclic amines) is 1. The summed E-state index contributed by atoms with van der Waals surface area (Å²) in [4.78, 5) is 14.3. The molecule has 8 heteroatoms. The third kappa shape index (κ3) is 8.19. The Labute approximate surface area is 199 Å². The van der Waals surface area contributed by atoms with Crippen LogP contribution in [0, 0.1) is 5.92 Å². The number of nitrogens with one attached hydrogen (secondary N) is 2. The molecule has 2 fully saturated rings. The van der Waals surface area contributed by atoms with Gasteiger partial charge in [0, 0.05) is 52.1 Å². The number of aromatic nitrogens is 1. The monoisotopic (exact) mass is 530 g/mol. The van der Waals surface area contributed by atoms with E-state index in [0.717, 1.165) is 63.9 Å². The normalized spacial score (nSPS) is 19.4. The van der Waals surface area contributed by atoms with E-state index < -0.39 is 0 Å². The average Bonchev–Trinajstić information content (AvgIpc) is 2.78. The van der Waals surface area contributed by atoms with Crippen molar-refractivity contribution >= 4 is 35.8 Å². The van der Waals surface area contributed by atoms with Gasteiger partial charge in [-0.05, 0) is 63.7 Å². The smallest absolute Gasteiger partial charge is 0.191 e. The van der Waals surface area contributed by atoms with Crippen LogP contribution >= 0.6 is 24.0 Å². The van der Waals surface area contributed by atoms with Crippen LogP contribution in [0.25, 0.3) is 0 Å². The van der Waals surface area contributed by atoms with Crippen LogP contribution < -0.4 is 15.5 Å². The van der Waals surface area contributed by atoms with Crippen molar-refractivity contribution in [2.45, 2.75) is 38.6 Å². The van der Waals surface area contributed by atoms with Crippen molar-refractivity contribution in [2.75, 3.05) is 64.4 Å². The number of piperidine rings is 2. The Bertz CT molecular complexity index is 601. The van der Waals surface area contributed by atoms with Gasteiger partial charge in [0.1, 0.15) is 5.82 Å². The molecule has 170 valence electrons. The molecule has 0 atom stereocenters. The van der Waals surface area contributed by atoms with Gasteiger partial charge >= 0.3 is 0 Å².